The van der Waals surface area contributed by atoms with Gasteiger partial charge in [0.25, 0.3) is 0 Å². The fraction of sp³-hybridized carbons (Fsp3) is 0.467. The lowest BCUT2D eigenvalue weighted by Gasteiger charge is -2.31. The third kappa shape index (κ3) is 3.59. The summed E-state index contributed by atoms with van der Waals surface area (Å²) >= 11 is 0. The lowest BCUT2D eigenvalue weighted by Crippen LogP contribution is -2.40. The van der Waals surface area contributed by atoms with Crippen LogP contribution in [0.25, 0.3) is 0 Å². The van der Waals surface area contributed by atoms with E-state index in [2.05, 4.69) is 10.2 Å². The van der Waals surface area contributed by atoms with E-state index < -0.39 is 10.0 Å². The highest BCUT2D eigenvalue weighted by molar-refractivity contribution is 7.88. The molecule has 1 aliphatic heterocycles. The Kier molecular flexibility index (Phi) is 4.45. The highest BCUT2D eigenvalue weighted by Crippen LogP contribution is 2.27. The molecule has 6 nitrogen and oxygen atoms in total. The van der Waals surface area contributed by atoms with Crippen LogP contribution in [-0.4, -0.2) is 40.6 Å². The number of aromatic nitrogens is 3. The van der Waals surface area contributed by atoms with Crippen LogP contribution in [0.4, 0.5) is 4.39 Å². The number of hydrogen-bond acceptors (Lipinski definition) is 4. The molecule has 124 valence electrons. The molecule has 2 heterocycles. The first kappa shape index (κ1) is 16.1. The SMILES string of the molecule is Cn1cnnc1C1CCCN(S(=O)(=O)Cc2ccc(F)cc2)C1. The van der Waals surface area contributed by atoms with Gasteiger partial charge in [0.2, 0.25) is 10.0 Å². The van der Waals surface area contributed by atoms with E-state index in [1.54, 1.807) is 6.33 Å². The van der Waals surface area contributed by atoms with Crippen LogP contribution in [0.1, 0.15) is 30.1 Å². The van der Waals surface area contributed by atoms with Gasteiger partial charge < -0.3 is 4.57 Å². The van der Waals surface area contributed by atoms with Crippen molar-refractivity contribution in [1.29, 1.82) is 0 Å². The van der Waals surface area contributed by atoms with Crippen molar-refractivity contribution in [3.63, 3.8) is 0 Å². The number of piperidine rings is 1. The zero-order valence-electron chi connectivity index (χ0n) is 12.9. The van der Waals surface area contributed by atoms with Crippen molar-refractivity contribution in [2.45, 2.75) is 24.5 Å². The van der Waals surface area contributed by atoms with E-state index in [1.165, 1.54) is 28.6 Å². The van der Waals surface area contributed by atoms with Crippen LogP contribution in [0, 0.1) is 5.82 Å². The zero-order valence-corrected chi connectivity index (χ0v) is 13.7. The first-order valence-electron chi connectivity index (χ1n) is 7.52. The maximum absolute atomic E-state index is 12.9. The van der Waals surface area contributed by atoms with E-state index in [0.717, 1.165) is 18.7 Å². The van der Waals surface area contributed by atoms with E-state index in [4.69, 9.17) is 0 Å². The molecule has 2 aromatic rings. The van der Waals surface area contributed by atoms with Crippen LogP contribution in [0.3, 0.4) is 0 Å². The topological polar surface area (TPSA) is 68.1 Å². The molecule has 0 spiro atoms. The minimum atomic E-state index is -3.43. The molecular weight excluding hydrogens is 319 g/mol. The van der Waals surface area contributed by atoms with Gasteiger partial charge in [-0.1, -0.05) is 12.1 Å². The Morgan fingerprint density at radius 2 is 2.04 bits per heavy atom. The highest BCUT2D eigenvalue weighted by Gasteiger charge is 2.31. The summed E-state index contributed by atoms with van der Waals surface area (Å²) in [6.07, 6.45) is 3.32. The first-order chi connectivity index (χ1) is 11.0. The summed E-state index contributed by atoms with van der Waals surface area (Å²) in [5.74, 6) is 0.385. The zero-order chi connectivity index (χ0) is 16.4. The fourth-order valence-electron chi connectivity index (χ4n) is 2.95. The van der Waals surface area contributed by atoms with Gasteiger partial charge >= 0.3 is 0 Å². The maximum Gasteiger partial charge on any atom is 0.218 e. The van der Waals surface area contributed by atoms with E-state index in [0.29, 0.717) is 18.7 Å². The first-order valence-corrected chi connectivity index (χ1v) is 9.13. The van der Waals surface area contributed by atoms with Gasteiger partial charge in [-0.05, 0) is 30.5 Å². The van der Waals surface area contributed by atoms with Crippen molar-refractivity contribution in [3.8, 4) is 0 Å². The van der Waals surface area contributed by atoms with Crippen LogP contribution in [0.15, 0.2) is 30.6 Å². The number of rotatable bonds is 4. The van der Waals surface area contributed by atoms with Crippen molar-refractivity contribution >= 4 is 10.0 Å². The average Bonchev–Trinajstić information content (AvgIpc) is 2.96. The molecule has 0 radical (unpaired) electrons. The summed E-state index contributed by atoms with van der Waals surface area (Å²) in [7, 11) is -1.57. The summed E-state index contributed by atoms with van der Waals surface area (Å²) in [6.45, 7) is 0.925. The molecule has 23 heavy (non-hydrogen) atoms. The molecular formula is C15H19FN4O2S. The Hall–Kier alpha value is -1.80. The van der Waals surface area contributed by atoms with Crippen LogP contribution in [-0.2, 0) is 22.8 Å². The Bertz CT molecular complexity index is 773. The van der Waals surface area contributed by atoms with E-state index in [1.807, 2.05) is 11.6 Å². The smallest absolute Gasteiger partial charge is 0.218 e. The third-order valence-electron chi connectivity index (χ3n) is 4.15. The molecule has 0 amide bonds. The minimum Gasteiger partial charge on any atom is -0.320 e. The predicted octanol–water partition coefficient (Wildman–Crippen LogP) is 1.66. The van der Waals surface area contributed by atoms with Gasteiger partial charge in [-0.3, -0.25) is 0 Å². The second-order valence-corrected chi connectivity index (χ2v) is 7.85. The molecule has 0 N–H and O–H groups in total. The molecule has 1 aliphatic rings. The Labute approximate surface area is 135 Å². The fourth-order valence-corrected chi connectivity index (χ4v) is 4.56. The molecule has 0 saturated carbocycles. The van der Waals surface area contributed by atoms with Crippen LogP contribution >= 0.6 is 0 Å². The van der Waals surface area contributed by atoms with Crippen molar-refractivity contribution in [3.05, 3.63) is 47.8 Å². The average molecular weight is 338 g/mol. The second-order valence-electron chi connectivity index (χ2n) is 5.88. The number of benzene rings is 1. The van der Waals surface area contributed by atoms with Crippen molar-refractivity contribution in [2.24, 2.45) is 7.05 Å². The molecule has 3 rings (SSSR count). The van der Waals surface area contributed by atoms with Gasteiger partial charge in [-0.15, -0.1) is 10.2 Å². The molecule has 1 atom stereocenters. The minimum absolute atomic E-state index is 0.0549. The maximum atomic E-state index is 12.9. The normalized spacial score (nSPS) is 19.8. The number of nitrogens with zero attached hydrogens (tertiary/aromatic N) is 4. The number of hydrogen-bond donors (Lipinski definition) is 0. The highest BCUT2D eigenvalue weighted by atomic mass is 32.2. The summed E-state index contributed by atoms with van der Waals surface area (Å²) in [5.41, 5.74) is 0.590. The van der Waals surface area contributed by atoms with Gasteiger partial charge in [0, 0.05) is 26.1 Å². The van der Waals surface area contributed by atoms with Crippen molar-refractivity contribution in [1.82, 2.24) is 19.1 Å². The third-order valence-corrected chi connectivity index (χ3v) is 5.97. The second kappa shape index (κ2) is 6.37. The van der Waals surface area contributed by atoms with Gasteiger partial charge in [-0.2, -0.15) is 0 Å². The standard InChI is InChI=1S/C15H19FN4O2S/c1-19-11-17-18-15(19)13-3-2-8-20(9-13)23(21,22)10-12-4-6-14(16)7-5-12/h4-7,11,13H,2-3,8-10H2,1H3. The largest absolute Gasteiger partial charge is 0.320 e. The monoisotopic (exact) mass is 338 g/mol. The van der Waals surface area contributed by atoms with Gasteiger partial charge in [0.15, 0.2) is 0 Å². The Balaban J connectivity index is 1.74. The van der Waals surface area contributed by atoms with Gasteiger partial charge in [-0.25, -0.2) is 17.1 Å². The molecule has 0 bridgehead atoms. The van der Waals surface area contributed by atoms with Crippen LogP contribution in [0.5, 0.6) is 0 Å². The molecule has 1 aromatic heterocycles. The van der Waals surface area contributed by atoms with E-state index >= 15 is 0 Å². The lowest BCUT2D eigenvalue weighted by molar-refractivity contribution is 0.305. The quantitative estimate of drug-likeness (QED) is 0.850. The van der Waals surface area contributed by atoms with Gasteiger partial charge in [0.05, 0.1) is 5.75 Å². The molecule has 1 saturated heterocycles. The Morgan fingerprint density at radius 1 is 1.30 bits per heavy atom. The number of halogens is 1. The molecule has 1 aromatic carbocycles. The van der Waals surface area contributed by atoms with Crippen LogP contribution in [0.2, 0.25) is 0 Å². The molecule has 8 heteroatoms. The van der Waals surface area contributed by atoms with Crippen LogP contribution < -0.4 is 0 Å². The Morgan fingerprint density at radius 3 is 2.70 bits per heavy atom. The summed E-state index contributed by atoms with van der Waals surface area (Å²) in [5, 5.41) is 7.97. The lowest BCUT2D eigenvalue weighted by atomic mass is 9.99. The number of sulfonamides is 1. The molecule has 0 aliphatic carbocycles. The number of aryl methyl sites for hydroxylation is 1. The van der Waals surface area contributed by atoms with E-state index in [9.17, 15) is 12.8 Å². The summed E-state index contributed by atoms with van der Waals surface area (Å²) in [6, 6.07) is 5.58. The molecule has 1 unspecified atom stereocenters. The summed E-state index contributed by atoms with van der Waals surface area (Å²) in [4.78, 5) is 0. The van der Waals surface area contributed by atoms with E-state index in [-0.39, 0.29) is 17.5 Å². The molecule has 1 fully saturated rings. The predicted molar refractivity (Wildman–Crippen MR) is 83.6 cm³/mol. The summed E-state index contributed by atoms with van der Waals surface area (Å²) < 4.78 is 41.6. The van der Waals surface area contributed by atoms with Crippen molar-refractivity contribution < 1.29 is 12.8 Å². The van der Waals surface area contributed by atoms with Crippen molar-refractivity contribution in [2.75, 3.05) is 13.1 Å². The van der Waals surface area contributed by atoms with Gasteiger partial charge in [0.1, 0.15) is 18.0 Å².